The second-order valence-electron chi connectivity index (χ2n) is 3.64. The highest BCUT2D eigenvalue weighted by Crippen LogP contribution is 2.40. The number of ether oxygens (including phenoxy) is 1. The molecule has 0 fully saturated rings. The molecule has 0 spiro atoms. The van der Waals surface area contributed by atoms with Gasteiger partial charge in [-0.1, -0.05) is 12.6 Å². The summed E-state index contributed by atoms with van der Waals surface area (Å²) in [6.07, 6.45) is 0. The molecule has 0 aromatic heterocycles. The van der Waals surface area contributed by atoms with Crippen LogP contribution in [-0.2, 0) is 0 Å². The van der Waals surface area contributed by atoms with Crippen LogP contribution in [0.3, 0.4) is 0 Å². The van der Waals surface area contributed by atoms with E-state index in [0.29, 0.717) is 0 Å². The monoisotopic (exact) mass is 186 g/mol. The second-order valence-corrected chi connectivity index (χ2v) is 3.64. The molecule has 1 heteroatoms. The van der Waals surface area contributed by atoms with Crippen molar-refractivity contribution >= 4 is 11.1 Å². The lowest BCUT2D eigenvalue weighted by molar-refractivity contribution is 0.414. The van der Waals surface area contributed by atoms with Crippen molar-refractivity contribution in [1.29, 1.82) is 0 Å². The molecule has 0 radical (unpaired) electrons. The molecule has 0 N–H and O–H groups in total. The van der Waals surface area contributed by atoms with Gasteiger partial charge in [0.1, 0.15) is 5.75 Å². The van der Waals surface area contributed by atoms with Crippen LogP contribution in [0.15, 0.2) is 30.4 Å². The first-order valence-electron chi connectivity index (χ1n) is 4.70. The lowest BCUT2D eigenvalue weighted by atomic mass is 10.0. The molecule has 0 aliphatic heterocycles. The van der Waals surface area contributed by atoms with Crippen LogP contribution in [0.2, 0.25) is 0 Å². The van der Waals surface area contributed by atoms with Crippen molar-refractivity contribution in [3.8, 4) is 5.75 Å². The quantitative estimate of drug-likeness (QED) is 0.652. The highest BCUT2D eigenvalue weighted by Gasteiger charge is 2.19. The molecule has 1 nitrogen and oxygen atoms in total. The maximum atomic E-state index is 5.20. The van der Waals surface area contributed by atoms with E-state index in [9.17, 15) is 0 Å². The smallest absolute Gasteiger partial charge is 0.119 e. The number of hydrogen-bond acceptors (Lipinski definition) is 1. The molecular weight excluding hydrogens is 172 g/mol. The Kier molecular flexibility index (Phi) is 1.95. The van der Waals surface area contributed by atoms with E-state index in [2.05, 4.69) is 32.6 Å². The van der Waals surface area contributed by atoms with E-state index in [-0.39, 0.29) is 0 Å². The first-order chi connectivity index (χ1) is 6.65. The van der Waals surface area contributed by atoms with Crippen molar-refractivity contribution in [3.05, 3.63) is 41.5 Å². The van der Waals surface area contributed by atoms with Crippen molar-refractivity contribution in [2.45, 2.75) is 13.8 Å². The van der Waals surface area contributed by atoms with Gasteiger partial charge in [-0.05, 0) is 53.8 Å². The van der Waals surface area contributed by atoms with Crippen LogP contribution in [0.25, 0.3) is 11.1 Å². The lowest BCUT2D eigenvalue weighted by Gasteiger charge is -2.05. The Morgan fingerprint density at radius 2 is 1.79 bits per heavy atom. The van der Waals surface area contributed by atoms with Gasteiger partial charge in [-0.3, -0.25) is 0 Å². The molecule has 0 amide bonds. The van der Waals surface area contributed by atoms with Gasteiger partial charge in [0, 0.05) is 0 Å². The standard InChI is InChI=1S/C13H14O/c1-8-9(2)12-6-5-11(14-4)7-13(12)10(8)3/h5-7H,3H2,1-2,4H3. The number of allylic oxidation sites excluding steroid dienone is 3. The van der Waals surface area contributed by atoms with Crippen molar-refractivity contribution in [2.24, 2.45) is 0 Å². The molecule has 1 aliphatic rings. The van der Waals surface area contributed by atoms with Crippen molar-refractivity contribution in [1.82, 2.24) is 0 Å². The molecular formula is C13H14O. The Morgan fingerprint density at radius 1 is 1.07 bits per heavy atom. The van der Waals surface area contributed by atoms with Gasteiger partial charge in [-0.25, -0.2) is 0 Å². The molecule has 0 saturated heterocycles. The minimum atomic E-state index is 0.896. The molecule has 0 bridgehead atoms. The number of methoxy groups -OCH3 is 1. The Labute approximate surface area is 84.7 Å². The van der Waals surface area contributed by atoms with Gasteiger partial charge < -0.3 is 4.74 Å². The largest absolute Gasteiger partial charge is 0.497 e. The SMILES string of the molecule is C=C1C(C)=C(C)c2ccc(OC)cc21. The highest BCUT2D eigenvalue weighted by atomic mass is 16.5. The summed E-state index contributed by atoms with van der Waals surface area (Å²) in [5.41, 5.74) is 6.23. The average Bonchev–Trinajstić information content (AvgIpc) is 2.44. The van der Waals surface area contributed by atoms with Crippen molar-refractivity contribution in [3.63, 3.8) is 0 Å². The van der Waals surface area contributed by atoms with Crippen LogP contribution >= 0.6 is 0 Å². The van der Waals surface area contributed by atoms with E-state index in [1.54, 1.807) is 7.11 Å². The summed E-state index contributed by atoms with van der Waals surface area (Å²) < 4.78 is 5.20. The molecule has 0 atom stereocenters. The van der Waals surface area contributed by atoms with Crippen LogP contribution in [0.1, 0.15) is 25.0 Å². The molecule has 0 heterocycles. The topological polar surface area (TPSA) is 9.23 Å². The lowest BCUT2D eigenvalue weighted by Crippen LogP contribution is -1.86. The summed E-state index contributed by atoms with van der Waals surface area (Å²) in [7, 11) is 1.69. The molecule has 1 aromatic carbocycles. The van der Waals surface area contributed by atoms with E-state index >= 15 is 0 Å². The third-order valence-corrected chi connectivity index (χ3v) is 2.97. The molecule has 14 heavy (non-hydrogen) atoms. The number of rotatable bonds is 1. The fourth-order valence-corrected chi connectivity index (χ4v) is 1.86. The summed E-state index contributed by atoms with van der Waals surface area (Å²) in [6.45, 7) is 8.34. The highest BCUT2D eigenvalue weighted by molar-refractivity contribution is 5.98. The van der Waals surface area contributed by atoms with Crippen LogP contribution in [-0.4, -0.2) is 7.11 Å². The predicted molar refractivity (Wildman–Crippen MR) is 60.3 cm³/mol. The zero-order valence-electron chi connectivity index (χ0n) is 8.85. The van der Waals surface area contributed by atoms with E-state index in [4.69, 9.17) is 4.74 Å². The summed E-state index contributed by atoms with van der Waals surface area (Å²) in [5.74, 6) is 0.896. The van der Waals surface area contributed by atoms with E-state index < -0.39 is 0 Å². The van der Waals surface area contributed by atoms with Crippen LogP contribution in [0, 0.1) is 0 Å². The third-order valence-electron chi connectivity index (χ3n) is 2.97. The van der Waals surface area contributed by atoms with Gasteiger partial charge in [0.2, 0.25) is 0 Å². The first kappa shape index (κ1) is 9.07. The van der Waals surface area contributed by atoms with E-state index in [1.807, 2.05) is 6.07 Å². The molecule has 72 valence electrons. The van der Waals surface area contributed by atoms with Gasteiger partial charge >= 0.3 is 0 Å². The van der Waals surface area contributed by atoms with Gasteiger partial charge in [-0.2, -0.15) is 0 Å². The summed E-state index contributed by atoms with van der Waals surface area (Å²) in [6, 6.07) is 6.15. The third kappa shape index (κ3) is 1.09. The van der Waals surface area contributed by atoms with Gasteiger partial charge in [0.25, 0.3) is 0 Å². The van der Waals surface area contributed by atoms with Gasteiger partial charge in [0.05, 0.1) is 7.11 Å². The summed E-state index contributed by atoms with van der Waals surface area (Å²) in [5, 5.41) is 0. The molecule has 1 aromatic rings. The molecule has 2 rings (SSSR count). The second kappa shape index (κ2) is 3.02. The van der Waals surface area contributed by atoms with Crippen molar-refractivity contribution < 1.29 is 4.74 Å². The van der Waals surface area contributed by atoms with Gasteiger partial charge in [0.15, 0.2) is 0 Å². The summed E-state index contributed by atoms with van der Waals surface area (Å²) in [4.78, 5) is 0. The molecule has 1 aliphatic carbocycles. The minimum absolute atomic E-state index is 0.896. The zero-order chi connectivity index (χ0) is 10.3. The average molecular weight is 186 g/mol. The Bertz CT molecular complexity index is 439. The Hall–Kier alpha value is -1.50. The maximum absolute atomic E-state index is 5.20. The normalized spacial score (nSPS) is 14.6. The minimum Gasteiger partial charge on any atom is -0.497 e. The predicted octanol–water partition coefficient (Wildman–Crippen LogP) is 3.52. The number of hydrogen-bond donors (Lipinski definition) is 0. The number of fused-ring (bicyclic) bond motifs is 1. The molecule has 0 unspecified atom stereocenters. The van der Waals surface area contributed by atoms with E-state index in [1.165, 1.54) is 22.3 Å². The first-order valence-corrected chi connectivity index (χ1v) is 4.70. The van der Waals surface area contributed by atoms with Crippen LogP contribution < -0.4 is 4.74 Å². The fraction of sp³-hybridized carbons (Fsp3) is 0.231. The van der Waals surface area contributed by atoms with Crippen molar-refractivity contribution in [2.75, 3.05) is 7.11 Å². The van der Waals surface area contributed by atoms with Crippen LogP contribution in [0.4, 0.5) is 0 Å². The van der Waals surface area contributed by atoms with Gasteiger partial charge in [-0.15, -0.1) is 0 Å². The Morgan fingerprint density at radius 3 is 2.43 bits per heavy atom. The maximum Gasteiger partial charge on any atom is 0.119 e. The summed E-state index contributed by atoms with van der Waals surface area (Å²) >= 11 is 0. The number of benzene rings is 1. The Balaban J connectivity index is 2.61. The zero-order valence-corrected chi connectivity index (χ0v) is 8.85. The fourth-order valence-electron chi connectivity index (χ4n) is 1.86. The van der Waals surface area contributed by atoms with E-state index in [0.717, 1.165) is 11.3 Å². The molecule has 0 saturated carbocycles. The van der Waals surface area contributed by atoms with Crippen LogP contribution in [0.5, 0.6) is 5.75 Å².